The van der Waals surface area contributed by atoms with Gasteiger partial charge in [-0.15, -0.1) is 0 Å². The van der Waals surface area contributed by atoms with Crippen molar-refractivity contribution in [2.24, 2.45) is 0 Å². The highest BCUT2D eigenvalue weighted by Gasteiger charge is 2.19. The molecule has 0 unspecified atom stereocenters. The maximum atomic E-state index is 12.2. The van der Waals surface area contributed by atoms with E-state index in [0.29, 0.717) is 11.7 Å². The molecular formula is C22H25N3O3. The van der Waals surface area contributed by atoms with Gasteiger partial charge in [0, 0.05) is 49.4 Å². The molecule has 3 aromatic rings. The van der Waals surface area contributed by atoms with Crippen LogP contribution in [0.25, 0.3) is 11.4 Å². The van der Waals surface area contributed by atoms with E-state index in [1.54, 1.807) is 18.6 Å². The second-order valence-corrected chi connectivity index (χ2v) is 7.41. The van der Waals surface area contributed by atoms with E-state index in [9.17, 15) is 4.79 Å². The van der Waals surface area contributed by atoms with E-state index in [4.69, 9.17) is 14.1 Å². The summed E-state index contributed by atoms with van der Waals surface area (Å²) in [5.41, 5.74) is 4.01. The van der Waals surface area contributed by atoms with Crippen LogP contribution in [0.4, 0.5) is 0 Å². The molecule has 28 heavy (non-hydrogen) atoms. The number of furan rings is 1. The molecule has 0 bridgehead atoms. The number of hydrogen-bond donors (Lipinski definition) is 1. The summed E-state index contributed by atoms with van der Waals surface area (Å²) in [6.07, 6.45) is 5.28. The Morgan fingerprint density at radius 3 is 2.75 bits per heavy atom. The summed E-state index contributed by atoms with van der Waals surface area (Å²) in [7, 11) is 2.07. The normalized spacial score (nSPS) is 15.2. The van der Waals surface area contributed by atoms with Gasteiger partial charge in [-0.25, -0.2) is 4.98 Å². The molecule has 4 rings (SSSR count). The molecule has 1 aliphatic heterocycles. The third-order valence-electron chi connectivity index (χ3n) is 5.09. The van der Waals surface area contributed by atoms with Crippen LogP contribution in [-0.2, 0) is 17.8 Å². The van der Waals surface area contributed by atoms with E-state index in [0.717, 1.165) is 56.0 Å². The predicted molar refractivity (Wildman–Crippen MR) is 107 cm³/mol. The Morgan fingerprint density at radius 2 is 1.96 bits per heavy atom. The van der Waals surface area contributed by atoms with Crippen molar-refractivity contribution in [2.45, 2.75) is 31.8 Å². The molecule has 1 aromatic carbocycles. The molecule has 0 spiro atoms. The van der Waals surface area contributed by atoms with Crippen molar-refractivity contribution < 1.29 is 9.15 Å². The van der Waals surface area contributed by atoms with Crippen LogP contribution in [0.3, 0.4) is 0 Å². The van der Waals surface area contributed by atoms with Crippen LogP contribution in [0.5, 0.6) is 0 Å². The molecule has 6 heteroatoms. The van der Waals surface area contributed by atoms with Gasteiger partial charge in [-0.1, -0.05) is 18.2 Å². The summed E-state index contributed by atoms with van der Waals surface area (Å²) in [6.45, 7) is 3.07. The predicted octanol–water partition coefficient (Wildman–Crippen LogP) is 3.56. The number of hydrogen-bond acceptors (Lipinski definition) is 5. The molecule has 0 amide bonds. The lowest BCUT2D eigenvalue weighted by molar-refractivity contribution is 0.0845. The lowest BCUT2D eigenvalue weighted by Crippen LogP contribution is -2.19. The first-order valence-electron chi connectivity index (χ1n) is 9.65. The smallest absolute Gasteiger partial charge is 0.251 e. The largest absolute Gasteiger partial charge is 0.472 e. The number of rotatable bonds is 6. The number of nitrogens with zero attached hydrogens (tertiary/aromatic N) is 2. The summed E-state index contributed by atoms with van der Waals surface area (Å²) in [6, 6.07) is 11.8. The molecule has 0 radical (unpaired) electrons. The zero-order valence-electron chi connectivity index (χ0n) is 16.1. The van der Waals surface area contributed by atoms with Gasteiger partial charge in [-0.2, -0.15) is 0 Å². The second-order valence-electron chi connectivity index (χ2n) is 7.41. The minimum absolute atomic E-state index is 0.103. The van der Waals surface area contributed by atoms with E-state index in [2.05, 4.69) is 29.1 Å². The second kappa shape index (κ2) is 8.54. The zero-order chi connectivity index (χ0) is 19.3. The fourth-order valence-electron chi connectivity index (χ4n) is 3.69. The number of nitrogens with one attached hydrogen (secondary N) is 1. The maximum absolute atomic E-state index is 12.2. The maximum Gasteiger partial charge on any atom is 0.251 e. The van der Waals surface area contributed by atoms with E-state index < -0.39 is 0 Å². The van der Waals surface area contributed by atoms with Crippen molar-refractivity contribution in [3.8, 4) is 11.4 Å². The van der Waals surface area contributed by atoms with Crippen molar-refractivity contribution in [2.75, 3.05) is 20.3 Å². The van der Waals surface area contributed by atoms with Gasteiger partial charge in [-0.05, 0) is 37.6 Å². The molecule has 0 atom stereocenters. The molecule has 2 aromatic heterocycles. The molecule has 1 saturated heterocycles. The van der Waals surface area contributed by atoms with E-state index in [-0.39, 0.29) is 5.56 Å². The van der Waals surface area contributed by atoms with Gasteiger partial charge in [0.25, 0.3) is 5.56 Å². The van der Waals surface area contributed by atoms with Crippen molar-refractivity contribution >= 4 is 0 Å². The molecule has 0 aliphatic carbocycles. The Morgan fingerprint density at radius 1 is 1.14 bits per heavy atom. The summed E-state index contributed by atoms with van der Waals surface area (Å²) >= 11 is 0. The number of ether oxygens (including phenoxy) is 1. The van der Waals surface area contributed by atoms with Crippen LogP contribution in [0.2, 0.25) is 0 Å². The first kappa shape index (κ1) is 18.7. The molecular weight excluding hydrogens is 354 g/mol. The summed E-state index contributed by atoms with van der Waals surface area (Å²) in [5.74, 6) is 0.924. The van der Waals surface area contributed by atoms with Crippen LogP contribution in [0.15, 0.2) is 58.1 Å². The van der Waals surface area contributed by atoms with E-state index in [1.807, 2.05) is 18.2 Å². The van der Waals surface area contributed by atoms with Crippen LogP contribution >= 0.6 is 0 Å². The van der Waals surface area contributed by atoms with Crippen LogP contribution in [-0.4, -0.2) is 35.1 Å². The number of aromatic nitrogens is 2. The van der Waals surface area contributed by atoms with Gasteiger partial charge in [0.1, 0.15) is 5.82 Å². The monoisotopic (exact) mass is 379 g/mol. The van der Waals surface area contributed by atoms with E-state index in [1.165, 1.54) is 5.56 Å². The summed E-state index contributed by atoms with van der Waals surface area (Å²) in [5, 5.41) is 0. The van der Waals surface area contributed by atoms with Crippen LogP contribution in [0.1, 0.15) is 35.6 Å². The number of benzene rings is 1. The number of aromatic amines is 1. The van der Waals surface area contributed by atoms with E-state index >= 15 is 0 Å². The zero-order valence-corrected chi connectivity index (χ0v) is 16.1. The van der Waals surface area contributed by atoms with Crippen LogP contribution < -0.4 is 5.56 Å². The van der Waals surface area contributed by atoms with Gasteiger partial charge in [0.2, 0.25) is 0 Å². The molecule has 0 saturated carbocycles. The minimum Gasteiger partial charge on any atom is -0.472 e. The minimum atomic E-state index is -0.103. The fraction of sp³-hybridized carbons (Fsp3) is 0.364. The average Bonchev–Trinajstić information content (AvgIpc) is 3.21. The van der Waals surface area contributed by atoms with Crippen molar-refractivity contribution in [1.29, 1.82) is 0 Å². The fourth-order valence-corrected chi connectivity index (χ4v) is 3.69. The first-order chi connectivity index (χ1) is 13.7. The third kappa shape index (κ3) is 4.58. The Bertz CT molecular complexity index is 959. The highest BCUT2D eigenvalue weighted by atomic mass is 16.5. The van der Waals surface area contributed by atoms with Crippen molar-refractivity contribution in [3.63, 3.8) is 0 Å². The van der Waals surface area contributed by atoms with Crippen molar-refractivity contribution in [3.05, 3.63) is 76.1 Å². The average molecular weight is 379 g/mol. The van der Waals surface area contributed by atoms with Crippen molar-refractivity contribution in [1.82, 2.24) is 14.9 Å². The highest BCUT2D eigenvalue weighted by Crippen LogP contribution is 2.26. The van der Waals surface area contributed by atoms with Gasteiger partial charge < -0.3 is 14.1 Å². The molecule has 1 fully saturated rings. The summed E-state index contributed by atoms with van der Waals surface area (Å²) < 4.78 is 10.6. The highest BCUT2D eigenvalue weighted by molar-refractivity contribution is 5.56. The Hall–Kier alpha value is -2.70. The molecule has 1 N–H and O–H groups in total. The molecule has 3 heterocycles. The quantitative estimate of drug-likeness (QED) is 0.709. The first-order valence-corrected chi connectivity index (χ1v) is 9.65. The van der Waals surface area contributed by atoms with Crippen LogP contribution in [0, 0.1) is 0 Å². The third-order valence-corrected chi connectivity index (χ3v) is 5.09. The lowest BCUT2D eigenvalue weighted by atomic mass is 9.96. The molecule has 146 valence electrons. The van der Waals surface area contributed by atoms with Gasteiger partial charge in [-0.3, -0.25) is 9.69 Å². The molecule has 1 aliphatic rings. The molecule has 6 nitrogen and oxygen atoms in total. The summed E-state index contributed by atoms with van der Waals surface area (Å²) in [4.78, 5) is 22.1. The Labute approximate surface area is 164 Å². The SMILES string of the molecule is CN(Cc1ccoc1)Cc1cccc(-c2nc(C3CCOCC3)cc(=O)[nH]2)c1. The van der Waals surface area contributed by atoms with Gasteiger partial charge in [0.05, 0.1) is 18.2 Å². The van der Waals surface area contributed by atoms with Gasteiger partial charge >= 0.3 is 0 Å². The van der Waals surface area contributed by atoms with Gasteiger partial charge in [0.15, 0.2) is 0 Å². The standard InChI is InChI=1S/C22H25N3O3/c1-25(14-17-5-8-28-15-17)13-16-3-2-4-19(11-16)22-23-20(12-21(26)24-22)18-6-9-27-10-7-18/h2-5,8,11-12,15,18H,6-7,9-10,13-14H2,1H3,(H,23,24,26). The lowest BCUT2D eigenvalue weighted by Gasteiger charge is -2.21. The topological polar surface area (TPSA) is 71.4 Å². The Kier molecular flexibility index (Phi) is 5.69. The Balaban J connectivity index is 1.53. The number of H-pyrrole nitrogens is 1.